The number of aliphatic hydroxyl groups is 2. The zero-order chi connectivity index (χ0) is 39.3. The monoisotopic (exact) mass is 755 g/mol. The lowest BCUT2D eigenvalue weighted by molar-refractivity contribution is -0.236. The van der Waals surface area contributed by atoms with Crippen molar-refractivity contribution in [3.63, 3.8) is 0 Å². The molecule has 1 aliphatic heterocycles. The quantitative estimate of drug-likeness (QED) is 0.0553. The van der Waals surface area contributed by atoms with E-state index in [4.69, 9.17) is 29.4 Å². The average molecular weight is 756 g/mol. The zero-order valence-corrected chi connectivity index (χ0v) is 31.1. The van der Waals surface area contributed by atoms with Gasteiger partial charge in [0.15, 0.2) is 24.2 Å². The summed E-state index contributed by atoms with van der Waals surface area (Å²) in [4.78, 5) is 77.3. The molecule has 53 heavy (non-hydrogen) atoms. The number of H-pyrrole nitrogens is 1. The molecule has 0 aromatic carbocycles. The van der Waals surface area contributed by atoms with E-state index < -0.39 is 96.9 Å². The van der Waals surface area contributed by atoms with Crippen molar-refractivity contribution in [2.75, 3.05) is 26.8 Å². The van der Waals surface area contributed by atoms with Crippen LogP contribution < -0.4 is 27.6 Å². The van der Waals surface area contributed by atoms with Gasteiger partial charge in [-0.15, -0.1) is 0 Å². The van der Waals surface area contributed by atoms with Crippen LogP contribution in [0.15, 0.2) is 33.7 Å². The molecule has 7 N–H and O–H groups in total. The first-order chi connectivity index (χ1) is 25.3. The minimum Gasteiger partial charge on any atom is -0.456 e. The van der Waals surface area contributed by atoms with Crippen LogP contribution >= 0.6 is 0 Å². The molecule has 2 rings (SSSR count). The number of carbonyl (C=O) groups is 4. The highest BCUT2D eigenvalue weighted by Crippen LogP contribution is 2.24. The molecule has 2 heterocycles. The summed E-state index contributed by atoms with van der Waals surface area (Å²) in [5.74, 6) is -3.59. The van der Waals surface area contributed by atoms with Gasteiger partial charge in [-0.1, -0.05) is 65.2 Å². The predicted molar refractivity (Wildman–Crippen MR) is 190 cm³/mol. The number of rotatable bonds is 26. The molecule has 7 atom stereocenters. The second-order valence-electron chi connectivity index (χ2n) is 12.8. The molecule has 1 aromatic rings. The summed E-state index contributed by atoms with van der Waals surface area (Å²) in [5.41, 5.74) is 3.94. The number of aromatic nitrogens is 2. The molecular weight excluding hydrogens is 698 g/mol. The molecule has 0 fully saturated rings. The van der Waals surface area contributed by atoms with Gasteiger partial charge in [-0.05, 0) is 25.8 Å². The third-order valence-corrected chi connectivity index (χ3v) is 8.46. The maximum atomic E-state index is 13.0. The number of hydrogen-bond donors (Lipinski definition) is 6. The average Bonchev–Trinajstić information content (AvgIpc) is 3.12. The standard InChI is InChI=1S/C35H57N5O13/c1-5-7-9-10-11-12-13-15-28(44)53-30(22(3)49-4)33(40-18-16-26(42)39-35(40)48)50-21-25(31(36)46)52-34-29(45)23(41)19-24(51-34)32(47)38-20-27(43)37-17-14-8-6-2/h16,18-19,22-23,25,29-30,33-34,41,45H,5-15,17,20-21H2,1-4H3,(H2,36,46)(H,37,43)(H,38,47)(H,39,42,48)/t22-,23+,25-,29+,30-,33-,34-/m1/s1. The lowest BCUT2D eigenvalue weighted by atomic mass is 10.1. The molecule has 0 bridgehead atoms. The number of nitrogens with one attached hydrogen (secondary N) is 3. The summed E-state index contributed by atoms with van der Waals surface area (Å²) in [6.45, 7) is 5.01. The van der Waals surface area contributed by atoms with E-state index in [9.17, 15) is 39.0 Å². The number of amides is 3. The number of esters is 1. The van der Waals surface area contributed by atoms with Crippen LogP contribution in [0.2, 0.25) is 0 Å². The maximum absolute atomic E-state index is 13.0. The van der Waals surface area contributed by atoms with Gasteiger partial charge in [0.05, 0.1) is 19.3 Å². The Kier molecular flexibility index (Phi) is 20.6. The van der Waals surface area contributed by atoms with E-state index >= 15 is 0 Å². The number of aliphatic hydroxyl groups excluding tert-OH is 2. The van der Waals surface area contributed by atoms with Crippen LogP contribution in [0.5, 0.6) is 0 Å². The van der Waals surface area contributed by atoms with Crippen molar-refractivity contribution in [1.29, 1.82) is 0 Å². The summed E-state index contributed by atoms with van der Waals surface area (Å²) in [5, 5.41) is 26.0. The highest BCUT2D eigenvalue weighted by molar-refractivity contribution is 5.94. The normalized spacial score (nSPS) is 19.2. The van der Waals surface area contributed by atoms with E-state index in [1.165, 1.54) is 7.11 Å². The molecule has 18 nitrogen and oxygen atoms in total. The van der Waals surface area contributed by atoms with Crippen LogP contribution in [0.1, 0.15) is 97.6 Å². The van der Waals surface area contributed by atoms with Crippen LogP contribution in [-0.2, 0) is 42.9 Å². The highest BCUT2D eigenvalue weighted by atomic mass is 16.7. The van der Waals surface area contributed by atoms with E-state index in [1.54, 1.807) is 6.92 Å². The molecule has 3 amide bonds. The number of primary amides is 1. The van der Waals surface area contributed by atoms with Gasteiger partial charge in [0, 0.05) is 32.3 Å². The van der Waals surface area contributed by atoms with E-state index in [0.29, 0.717) is 13.0 Å². The number of hydrogen-bond acceptors (Lipinski definition) is 13. The zero-order valence-electron chi connectivity index (χ0n) is 31.1. The first-order valence-electron chi connectivity index (χ1n) is 18.2. The van der Waals surface area contributed by atoms with Crippen molar-refractivity contribution in [1.82, 2.24) is 20.2 Å². The molecule has 0 unspecified atom stereocenters. The minimum atomic E-state index is -1.83. The van der Waals surface area contributed by atoms with Crippen LogP contribution in [-0.4, -0.2) is 107 Å². The molecule has 1 aromatic heterocycles. The molecule has 0 spiro atoms. The van der Waals surface area contributed by atoms with Gasteiger partial charge in [0.25, 0.3) is 11.5 Å². The van der Waals surface area contributed by atoms with Crippen LogP contribution in [0.3, 0.4) is 0 Å². The maximum Gasteiger partial charge on any atom is 0.330 e. The fourth-order valence-electron chi connectivity index (χ4n) is 5.25. The Hall–Kier alpha value is -4.10. The van der Waals surface area contributed by atoms with E-state index in [1.807, 2.05) is 6.92 Å². The highest BCUT2D eigenvalue weighted by Gasteiger charge is 2.40. The number of nitrogens with zero attached hydrogens (tertiary/aromatic N) is 1. The summed E-state index contributed by atoms with van der Waals surface area (Å²) in [6.07, 6.45) is 0.823. The predicted octanol–water partition coefficient (Wildman–Crippen LogP) is 0.394. The first-order valence-corrected chi connectivity index (χ1v) is 18.2. The largest absolute Gasteiger partial charge is 0.456 e. The minimum absolute atomic E-state index is 0.0767. The van der Waals surface area contributed by atoms with Crippen molar-refractivity contribution >= 4 is 23.7 Å². The molecule has 0 radical (unpaired) electrons. The van der Waals surface area contributed by atoms with E-state index in [0.717, 1.165) is 80.7 Å². The van der Waals surface area contributed by atoms with Crippen LogP contribution in [0, 0.1) is 0 Å². The molecular formula is C35H57N5O13. The molecule has 0 aliphatic carbocycles. The molecule has 300 valence electrons. The van der Waals surface area contributed by atoms with Gasteiger partial charge < -0.3 is 50.3 Å². The fourth-order valence-corrected chi connectivity index (χ4v) is 5.25. The van der Waals surface area contributed by atoms with Crippen molar-refractivity contribution in [3.8, 4) is 0 Å². The molecule has 0 saturated heterocycles. The Bertz CT molecular complexity index is 1450. The Morgan fingerprint density at radius 3 is 2.30 bits per heavy atom. The summed E-state index contributed by atoms with van der Waals surface area (Å²) in [7, 11) is 1.35. The van der Waals surface area contributed by atoms with Gasteiger partial charge in [0.1, 0.15) is 12.2 Å². The Morgan fingerprint density at radius 2 is 1.66 bits per heavy atom. The number of aromatic amines is 1. The second-order valence-corrected chi connectivity index (χ2v) is 12.8. The third-order valence-electron chi connectivity index (χ3n) is 8.46. The van der Waals surface area contributed by atoms with Crippen molar-refractivity contribution < 1.29 is 53.1 Å². The summed E-state index contributed by atoms with van der Waals surface area (Å²) < 4.78 is 29.1. The number of ether oxygens (including phenoxy) is 5. The van der Waals surface area contributed by atoms with Gasteiger partial charge in [-0.3, -0.25) is 33.5 Å². The van der Waals surface area contributed by atoms with Crippen molar-refractivity contribution in [3.05, 3.63) is 44.9 Å². The van der Waals surface area contributed by atoms with Crippen molar-refractivity contribution in [2.24, 2.45) is 5.73 Å². The first kappa shape index (κ1) is 45.1. The number of nitrogens with two attached hydrogens (primary N) is 1. The molecule has 0 saturated carbocycles. The second kappa shape index (κ2) is 24.3. The number of carbonyl (C=O) groups excluding carboxylic acids is 4. The smallest absolute Gasteiger partial charge is 0.330 e. The third kappa shape index (κ3) is 15.8. The Labute approximate surface area is 308 Å². The topological polar surface area (TPSA) is 260 Å². The fraction of sp³-hybridized carbons (Fsp3) is 0.714. The molecule has 18 heteroatoms. The van der Waals surface area contributed by atoms with E-state index in [2.05, 4.69) is 22.5 Å². The number of methoxy groups -OCH3 is 1. The van der Waals surface area contributed by atoms with Crippen LogP contribution in [0.4, 0.5) is 0 Å². The lowest BCUT2D eigenvalue weighted by Crippen LogP contribution is -2.51. The summed E-state index contributed by atoms with van der Waals surface area (Å²) >= 11 is 0. The SMILES string of the molecule is CCCCCCCCCC(=O)O[C@@H]([C@@H](OC[C@@H](O[C@H]1OC(C(=O)NCC(=O)NCCCCC)=C[C@H](O)[C@@H]1O)C(N)=O)n1ccc(=O)[nH]c1=O)[C@@H](C)OC. The molecule has 1 aliphatic rings. The lowest BCUT2D eigenvalue weighted by Gasteiger charge is -2.34. The van der Waals surface area contributed by atoms with Crippen molar-refractivity contribution in [2.45, 2.75) is 134 Å². The van der Waals surface area contributed by atoms with Gasteiger partial charge in [-0.25, -0.2) is 4.79 Å². The Morgan fingerprint density at radius 1 is 1.00 bits per heavy atom. The van der Waals surface area contributed by atoms with Gasteiger partial charge in [-0.2, -0.15) is 0 Å². The number of unbranched alkanes of at least 4 members (excludes halogenated alkanes) is 8. The van der Waals surface area contributed by atoms with Gasteiger partial charge >= 0.3 is 11.7 Å². The van der Waals surface area contributed by atoms with Crippen LogP contribution in [0.25, 0.3) is 0 Å². The van der Waals surface area contributed by atoms with E-state index in [-0.39, 0.29) is 6.42 Å². The van der Waals surface area contributed by atoms with Gasteiger partial charge in [0.2, 0.25) is 18.1 Å². The summed E-state index contributed by atoms with van der Waals surface area (Å²) in [6, 6.07) is 1.04. The Balaban J connectivity index is 2.19.